The Morgan fingerprint density at radius 1 is 1.11 bits per heavy atom. The smallest absolute Gasteiger partial charge is 0.261 e. The molecule has 0 aliphatic rings. The number of H-pyrrole nitrogens is 1. The van der Waals surface area contributed by atoms with Crippen molar-refractivity contribution in [3.63, 3.8) is 0 Å². The standard InChI is InChI=1S/C19H15FN4O3S/c1-27-18-6-5-15(28(25,26)24-14-4-2-3-13(20)8-14)9-16(18)12-7-17-19(21-10-12)23-11-22-17/h2-11,24H,1H3,(H,21,22,23). The predicted octanol–water partition coefficient (Wildman–Crippen LogP) is 3.57. The number of rotatable bonds is 5. The highest BCUT2D eigenvalue weighted by molar-refractivity contribution is 7.92. The summed E-state index contributed by atoms with van der Waals surface area (Å²) in [6.45, 7) is 0. The molecular formula is C19H15FN4O3S. The first-order valence-electron chi connectivity index (χ1n) is 8.22. The monoisotopic (exact) mass is 398 g/mol. The molecule has 2 aromatic carbocycles. The van der Waals surface area contributed by atoms with Crippen LogP contribution in [0.25, 0.3) is 22.3 Å². The molecule has 0 saturated carbocycles. The third-order valence-electron chi connectivity index (χ3n) is 4.14. The van der Waals surface area contributed by atoms with Gasteiger partial charge in [-0.05, 0) is 42.5 Å². The summed E-state index contributed by atoms with van der Waals surface area (Å²) in [5.74, 6) is -0.0417. The van der Waals surface area contributed by atoms with Crippen LogP contribution < -0.4 is 9.46 Å². The number of hydrogen-bond donors (Lipinski definition) is 2. The number of aromatic amines is 1. The summed E-state index contributed by atoms with van der Waals surface area (Å²) < 4.78 is 46.6. The molecule has 0 fully saturated rings. The van der Waals surface area contributed by atoms with E-state index in [2.05, 4.69) is 19.7 Å². The van der Waals surface area contributed by atoms with Gasteiger partial charge in [-0.3, -0.25) is 4.72 Å². The summed E-state index contributed by atoms with van der Waals surface area (Å²) >= 11 is 0. The third-order valence-corrected chi connectivity index (χ3v) is 5.52. The normalized spacial score (nSPS) is 11.5. The molecule has 0 amide bonds. The Morgan fingerprint density at radius 3 is 2.75 bits per heavy atom. The molecule has 0 spiro atoms. The summed E-state index contributed by atoms with van der Waals surface area (Å²) in [5.41, 5.74) is 2.62. The van der Waals surface area contributed by atoms with Gasteiger partial charge in [0.25, 0.3) is 10.0 Å². The van der Waals surface area contributed by atoms with Crippen molar-refractivity contribution in [1.82, 2.24) is 15.0 Å². The molecule has 0 atom stereocenters. The zero-order chi connectivity index (χ0) is 19.7. The first kappa shape index (κ1) is 17.9. The maximum atomic E-state index is 13.4. The van der Waals surface area contributed by atoms with E-state index in [1.54, 1.807) is 12.3 Å². The highest BCUT2D eigenvalue weighted by Gasteiger charge is 2.18. The lowest BCUT2D eigenvalue weighted by molar-refractivity contribution is 0.416. The molecule has 7 nitrogen and oxygen atoms in total. The molecule has 0 aliphatic heterocycles. The van der Waals surface area contributed by atoms with Crippen LogP contribution in [0, 0.1) is 5.82 Å². The molecule has 2 aromatic heterocycles. The van der Waals surface area contributed by atoms with Gasteiger partial charge in [-0.15, -0.1) is 0 Å². The van der Waals surface area contributed by atoms with E-state index in [1.165, 1.54) is 43.8 Å². The summed E-state index contributed by atoms with van der Waals surface area (Å²) in [5, 5.41) is 0. The zero-order valence-electron chi connectivity index (χ0n) is 14.7. The molecule has 9 heteroatoms. The Balaban J connectivity index is 1.77. The van der Waals surface area contributed by atoms with E-state index in [1.807, 2.05) is 6.07 Å². The van der Waals surface area contributed by atoms with E-state index >= 15 is 0 Å². The number of ether oxygens (including phenoxy) is 1. The van der Waals surface area contributed by atoms with Gasteiger partial charge in [0.1, 0.15) is 11.6 Å². The third kappa shape index (κ3) is 3.39. The first-order chi connectivity index (χ1) is 13.5. The van der Waals surface area contributed by atoms with Gasteiger partial charge in [0, 0.05) is 17.3 Å². The summed E-state index contributed by atoms with van der Waals surface area (Å²) in [6, 6.07) is 11.5. The zero-order valence-corrected chi connectivity index (χ0v) is 15.5. The molecule has 142 valence electrons. The highest BCUT2D eigenvalue weighted by atomic mass is 32.2. The van der Waals surface area contributed by atoms with Gasteiger partial charge < -0.3 is 9.72 Å². The van der Waals surface area contributed by atoms with E-state index in [9.17, 15) is 12.8 Å². The van der Waals surface area contributed by atoms with E-state index < -0.39 is 15.8 Å². The Kier molecular flexibility index (Phi) is 4.44. The lowest BCUT2D eigenvalue weighted by atomic mass is 10.1. The Hall–Kier alpha value is -3.46. The minimum Gasteiger partial charge on any atom is -0.496 e. The first-order valence-corrected chi connectivity index (χ1v) is 9.70. The van der Waals surface area contributed by atoms with Crippen molar-refractivity contribution < 1.29 is 17.5 Å². The van der Waals surface area contributed by atoms with Crippen LogP contribution in [0.3, 0.4) is 0 Å². The maximum Gasteiger partial charge on any atom is 0.261 e. The quantitative estimate of drug-likeness (QED) is 0.536. The molecule has 4 rings (SSSR count). The summed E-state index contributed by atoms with van der Waals surface area (Å²) in [4.78, 5) is 11.3. The SMILES string of the molecule is COc1ccc(S(=O)(=O)Nc2cccc(F)c2)cc1-c1cnc2nc[nH]c2c1. The van der Waals surface area contributed by atoms with Crippen LogP contribution in [0.4, 0.5) is 10.1 Å². The molecule has 0 unspecified atom stereocenters. The van der Waals surface area contributed by atoms with Crippen LogP contribution >= 0.6 is 0 Å². The van der Waals surface area contributed by atoms with Crippen molar-refractivity contribution in [2.75, 3.05) is 11.8 Å². The minimum absolute atomic E-state index is 0.0114. The summed E-state index contributed by atoms with van der Waals surface area (Å²) in [7, 11) is -2.43. The van der Waals surface area contributed by atoms with Crippen molar-refractivity contribution >= 4 is 26.9 Å². The number of nitrogens with one attached hydrogen (secondary N) is 2. The van der Waals surface area contributed by atoms with Crippen molar-refractivity contribution in [2.45, 2.75) is 4.90 Å². The molecule has 0 saturated heterocycles. The second-order valence-corrected chi connectivity index (χ2v) is 7.66. The van der Waals surface area contributed by atoms with Gasteiger partial charge in [-0.25, -0.2) is 22.8 Å². The van der Waals surface area contributed by atoms with E-state index in [4.69, 9.17) is 4.74 Å². The number of halogens is 1. The van der Waals surface area contributed by atoms with Gasteiger partial charge in [-0.1, -0.05) is 6.07 Å². The number of hydrogen-bond acceptors (Lipinski definition) is 5. The van der Waals surface area contributed by atoms with Crippen LogP contribution in [0.2, 0.25) is 0 Å². The lowest BCUT2D eigenvalue weighted by Gasteiger charge is -2.13. The fraction of sp³-hybridized carbons (Fsp3) is 0.0526. The average Bonchev–Trinajstić information content (AvgIpc) is 3.15. The van der Waals surface area contributed by atoms with E-state index in [0.29, 0.717) is 28.0 Å². The number of nitrogens with zero attached hydrogens (tertiary/aromatic N) is 2. The van der Waals surface area contributed by atoms with Crippen molar-refractivity contribution in [3.8, 4) is 16.9 Å². The second-order valence-electron chi connectivity index (χ2n) is 5.98. The number of imidazole rings is 1. The lowest BCUT2D eigenvalue weighted by Crippen LogP contribution is -2.13. The number of anilines is 1. The Bertz CT molecular complexity index is 1270. The molecule has 0 aliphatic carbocycles. The largest absolute Gasteiger partial charge is 0.496 e. The number of aromatic nitrogens is 3. The van der Waals surface area contributed by atoms with Crippen LogP contribution in [0.1, 0.15) is 0 Å². The number of methoxy groups -OCH3 is 1. The van der Waals surface area contributed by atoms with Crippen LogP contribution in [-0.2, 0) is 10.0 Å². The van der Waals surface area contributed by atoms with E-state index in [0.717, 1.165) is 6.07 Å². The van der Waals surface area contributed by atoms with Crippen LogP contribution in [0.5, 0.6) is 5.75 Å². The number of fused-ring (bicyclic) bond motifs is 1. The molecule has 0 bridgehead atoms. The van der Waals surface area contributed by atoms with Crippen LogP contribution in [0.15, 0.2) is 66.0 Å². The fourth-order valence-electron chi connectivity index (χ4n) is 2.82. The minimum atomic E-state index is -3.93. The van der Waals surface area contributed by atoms with Crippen molar-refractivity contribution in [2.24, 2.45) is 0 Å². The average molecular weight is 398 g/mol. The van der Waals surface area contributed by atoms with Gasteiger partial charge in [0.15, 0.2) is 5.65 Å². The van der Waals surface area contributed by atoms with Crippen molar-refractivity contribution in [3.05, 3.63) is 66.9 Å². The molecule has 28 heavy (non-hydrogen) atoms. The van der Waals surface area contributed by atoms with Crippen LogP contribution in [-0.4, -0.2) is 30.5 Å². The summed E-state index contributed by atoms with van der Waals surface area (Å²) in [6.07, 6.45) is 3.12. The number of pyridine rings is 1. The molecule has 0 radical (unpaired) electrons. The van der Waals surface area contributed by atoms with Gasteiger partial charge in [-0.2, -0.15) is 0 Å². The van der Waals surface area contributed by atoms with Gasteiger partial charge in [0.05, 0.1) is 29.5 Å². The molecule has 2 heterocycles. The molecular weight excluding hydrogens is 383 g/mol. The maximum absolute atomic E-state index is 13.4. The Morgan fingerprint density at radius 2 is 1.96 bits per heavy atom. The number of sulfonamides is 1. The fourth-order valence-corrected chi connectivity index (χ4v) is 3.90. The predicted molar refractivity (Wildman–Crippen MR) is 103 cm³/mol. The molecule has 4 aromatic rings. The van der Waals surface area contributed by atoms with Gasteiger partial charge in [0.2, 0.25) is 0 Å². The van der Waals surface area contributed by atoms with Gasteiger partial charge >= 0.3 is 0 Å². The van der Waals surface area contributed by atoms with Crippen molar-refractivity contribution in [1.29, 1.82) is 0 Å². The topological polar surface area (TPSA) is 97.0 Å². The van der Waals surface area contributed by atoms with E-state index in [-0.39, 0.29) is 10.6 Å². The Labute approximate surface area is 160 Å². The highest BCUT2D eigenvalue weighted by Crippen LogP contribution is 2.33. The molecule has 2 N–H and O–H groups in total. The second kappa shape index (κ2) is 6.93. The number of benzene rings is 2.